The van der Waals surface area contributed by atoms with E-state index < -0.39 is 22.8 Å². The number of carbonyl (C=O) groups is 1. The first kappa shape index (κ1) is 17.9. The second-order valence-corrected chi connectivity index (χ2v) is 6.66. The number of halogens is 2. The number of rotatable bonds is 2. The highest BCUT2D eigenvalue weighted by Crippen LogP contribution is 2.44. The first-order valence-electron chi connectivity index (χ1n) is 8.46. The molecule has 0 atom stereocenters. The van der Waals surface area contributed by atoms with Crippen LogP contribution < -0.4 is 5.43 Å². The summed E-state index contributed by atoms with van der Waals surface area (Å²) in [6, 6.07) is 8.14. The number of hydrogen-bond donors (Lipinski definition) is 1. The van der Waals surface area contributed by atoms with E-state index in [1.165, 1.54) is 6.92 Å². The molecule has 0 fully saturated rings. The van der Waals surface area contributed by atoms with Gasteiger partial charge in [0, 0.05) is 33.7 Å². The number of fused-ring (bicyclic) bond motifs is 2. The summed E-state index contributed by atoms with van der Waals surface area (Å²) in [7, 11) is 0. The van der Waals surface area contributed by atoms with E-state index in [-0.39, 0.29) is 22.5 Å². The number of benzene rings is 3. The van der Waals surface area contributed by atoms with Crippen LogP contribution in [0.2, 0.25) is 0 Å². The van der Waals surface area contributed by atoms with Crippen molar-refractivity contribution in [1.82, 2.24) is 0 Å². The second kappa shape index (κ2) is 6.27. The Hall–Kier alpha value is -3.54. The monoisotopic (exact) mass is 380 g/mol. The second-order valence-electron chi connectivity index (χ2n) is 6.66. The van der Waals surface area contributed by atoms with Crippen molar-refractivity contribution in [3.63, 3.8) is 0 Å². The van der Waals surface area contributed by atoms with E-state index in [1.54, 1.807) is 25.1 Å². The van der Waals surface area contributed by atoms with Crippen molar-refractivity contribution in [2.45, 2.75) is 13.8 Å². The highest BCUT2D eigenvalue weighted by Gasteiger charge is 2.23. The zero-order valence-electron chi connectivity index (χ0n) is 15.0. The normalized spacial score (nSPS) is 11.3. The summed E-state index contributed by atoms with van der Waals surface area (Å²) in [6.07, 6.45) is 0.707. The summed E-state index contributed by atoms with van der Waals surface area (Å²) in [5, 5.41) is 10.3. The topological polar surface area (TPSA) is 67.5 Å². The number of aryl methyl sites for hydroxylation is 2. The Bertz CT molecular complexity index is 1300. The fourth-order valence-corrected chi connectivity index (χ4v) is 3.47. The molecule has 0 unspecified atom stereocenters. The van der Waals surface area contributed by atoms with E-state index in [0.29, 0.717) is 33.9 Å². The standard InChI is InChI=1S/C22H14F2O4/c1-10-5-12(9-25)3-4-13(10)20-14-6-16(23)18(26)8-19(14)28-22-11(2)21(27)17(24)7-15(20)22/h3-9,27H,1-2H3. The van der Waals surface area contributed by atoms with Crippen LogP contribution in [0.5, 0.6) is 5.75 Å². The number of carbonyl (C=O) groups excluding carboxylic acids is 1. The minimum absolute atomic E-state index is 0.113. The van der Waals surface area contributed by atoms with E-state index in [4.69, 9.17) is 4.42 Å². The molecule has 4 nitrogen and oxygen atoms in total. The molecule has 4 rings (SSSR count). The molecule has 1 N–H and O–H groups in total. The van der Waals surface area contributed by atoms with Crippen molar-refractivity contribution in [3.8, 4) is 28.2 Å². The maximum atomic E-state index is 14.3. The van der Waals surface area contributed by atoms with Gasteiger partial charge in [0.15, 0.2) is 17.4 Å². The highest BCUT2D eigenvalue weighted by atomic mass is 19.1. The molecule has 1 aliphatic heterocycles. The molecule has 2 aliphatic rings. The molecule has 2 aromatic carbocycles. The van der Waals surface area contributed by atoms with Gasteiger partial charge in [-0.1, -0.05) is 12.1 Å². The van der Waals surface area contributed by atoms with Crippen molar-refractivity contribution in [3.05, 3.63) is 74.9 Å². The Balaban J connectivity index is 2.26. The fraction of sp³-hybridized carbons (Fsp3) is 0.0909. The lowest BCUT2D eigenvalue weighted by Gasteiger charge is -2.18. The van der Waals surface area contributed by atoms with Crippen LogP contribution in [0.3, 0.4) is 0 Å². The van der Waals surface area contributed by atoms with Crippen molar-refractivity contribution < 1.29 is 23.1 Å². The average Bonchev–Trinajstić information content (AvgIpc) is 2.67. The lowest BCUT2D eigenvalue weighted by molar-refractivity contribution is 0.112. The SMILES string of the molecule is Cc1cc(C=O)ccc1-c1c2cc(F)c(=O)cc-2oc2c(C)c(O)c(F)cc12. The minimum Gasteiger partial charge on any atom is -0.505 e. The minimum atomic E-state index is -0.957. The van der Waals surface area contributed by atoms with Gasteiger partial charge in [0.05, 0.1) is 0 Å². The van der Waals surface area contributed by atoms with E-state index in [1.807, 2.05) is 0 Å². The molecule has 1 heterocycles. The van der Waals surface area contributed by atoms with Crippen LogP contribution in [0, 0.1) is 25.5 Å². The molecule has 28 heavy (non-hydrogen) atoms. The average molecular weight is 380 g/mol. The quantitative estimate of drug-likeness (QED) is 0.393. The van der Waals surface area contributed by atoms with Gasteiger partial charge in [0.1, 0.15) is 17.6 Å². The van der Waals surface area contributed by atoms with E-state index in [2.05, 4.69) is 0 Å². The Morgan fingerprint density at radius 3 is 2.43 bits per heavy atom. The summed E-state index contributed by atoms with van der Waals surface area (Å²) in [5.74, 6) is -2.24. The van der Waals surface area contributed by atoms with Gasteiger partial charge >= 0.3 is 0 Å². The number of aromatic hydroxyl groups is 1. The van der Waals surface area contributed by atoms with Gasteiger partial charge in [-0.3, -0.25) is 9.59 Å². The summed E-state index contributed by atoms with van der Waals surface area (Å²) in [6.45, 7) is 3.26. The lowest BCUT2D eigenvalue weighted by Crippen LogP contribution is -2.07. The van der Waals surface area contributed by atoms with Crippen molar-refractivity contribution >= 4 is 17.3 Å². The molecular formula is C22H14F2O4. The van der Waals surface area contributed by atoms with Gasteiger partial charge in [-0.05, 0) is 43.2 Å². The van der Waals surface area contributed by atoms with Crippen molar-refractivity contribution in [2.75, 3.05) is 0 Å². The summed E-state index contributed by atoms with van der Waals surface area (Å²) >= 11 is 0. The number of hydrogen-bond acceptors (Lipinski definition) is 4. The molecule has 0 bridgehead atoms. The molecular weight excluding hydrogens is 366 g/mol. The number of phenolic OH excluding ortho intramolecular Hbond substituents is 1. The predicted molar refractivity (Wildman–Crippen MR) is 101 cm³/mol. The largest absolute Gasteiger partial charge is 0.505 e. The third kappa shape index (κ3) is 2.57. The molecule has 0 radical (unpaired) electrons. The maximum Gasteiger partial charge on any atom is 0.217 e. The first-order chi connectivity index (χ1) is 13.3. The van der Waals surface area contributed by atoms with Crippen LogP contribution >= 0.6 is 0 Å². The van der Waals surface area contributed by atoms with Gasteiger partial charge in [0.25, 0.3) is 0 Å². The van der Waals surface area contributed by atoms with Gasteiger partial charge in [-0.2, -0.15) is 0 Å². The van der Waals surface area contributed by atoms with E-state index >= 15 is 0 Å². The van der Waals surface area contributed by atoms with Gasteiger partial charge < -0.3 is 9.52 Å². The molecule has 0 amide bonds. The third-order valence-electron chi connectivity index (χ3n) is 4.88. The van der Waals surface area contributed by atoms with Crippen molar-refractivity contribution in [2.24, 2.45) is 0 Å². The Kier molecular flexibility index (Phi) is 4.00. The lowest BCUT2D eigenvalue weighted by atomic mass is 9.89. The fourth-order valence-electron chi connectivity index (χ4n) is 3.47. The van der Waals surface area contributed by atoms with Gasteiger partial charge in [-0.25, -0.2) is 8.78 Å². The van der Waals surface area contributed by atoms with E-state index in [0.717, 1.165) is 18.2 Å². The number of phenols is 1. The Morgan fingerprint density at radius 1 is 1.00 bits per heavy atom. The van der Waals surface area contributed by atoms with Crippen LogP contribution in [-0.2, 0) is 0 Å². The zero-order chi connectivity index (χ0) is 20.2. The van der Waals surface area contributed by atoms with Crippen LogP contribution in [0.15, 0.2) is 45.6 Å². The molecule has 0 spiro atoms. The van der Waals surface area contributed by atoms with Gasteiger partial charge in [-0.15, -0.1) is 0 Å². The van der Waals surface area contributed by atoms with Crippen LogP contribution in [-0.4, -0.2) is 11.4 Å². The van der Waals surface area contributed by atoms with Crippen LogP contribution in [0.25, 0.3) is 33.4 Å². The van der Waals surface area contributed by atoms with Crippen molar-refractivity contribution in [1.29, 1.82) is 0 Å². The first-order valence-corrected chi connectivity index (χ1v) is 8.46. The summed E-state index contributed by atoms with van der Waals surface area (Å²) in [5.41, 5.74) is 2.05. The predicted octanol–water partition coefficient (Wildman–Crippen LogP) is 4.98. The molecule has 2 aromatic rings. The molecule has 140 valence electrons. The van der Waals surface area contributed by atoms with Crippen LogP contribution in [0.4, 0.5) is 8.78 Å². The summed E-state index contributed by atoms with van der Waals surface area (Å²) < 4.78 is 34.1. The molecule has 0 saturated carbocycles. The molecule has 0 aromatic heterocycles. The molecule has 0 saturated heterocycles. The van der Waals surface area contributed by atoms with Gasteiger partial charge in [0.2, 0.25) is 5.43 Å². The third-order valence-corrected chi connectivity index (χ3v) is 4.88. The Morgan fingerprint density at radius 2 is 1.75 bits per heavy atom. The smallest absolute Gasteiger partial charge is 0.217 e. The molecule has 1 aliphatic carbocycles. The van der Waals surface area contributed by atoms with E-state index in [9.17, 15) is 23.5 Å². The maximum absolute atomic E-state index is 14.3. The Labute approximate surface area is 158 Å². The number of aldehydes is 1. The highest BCUT2D eigenvalue weighted by molar-refractivity contribution is 6.04. The summed E-state index contributed by atoms with van der Waals surface area (Å²) in [4.78, 5) is 22.9. The van der Waals surface area contributed by atoms with Crippen LogP contribution in [0.1, 0.15) is 21.5 Å². The molecule has 6 heteroatoms. The zero-order valence-corrected chi connectivity index (χ0v) is 15.0.